The molecule has 0 radical (unpaired) electrons. The standard InChI is InChI=1S/C18H26N4O3/c23-17(21-9-1-2-10-21)13-24-12-14-4-5-15-16(25-14)6-11-22(15)18-19-7-3-8-20-18/h3,7-8,14-16H,1-2,4-6,9-13H2/t14?,15-,16-/m0/s1. The van der Waals surface area contributed by atoms with Crippen molar-refractivity contribution in [3.05, 3.63) is 18.5 Å². The predicted molar refractivity (Wildman–Crippen MR) is 92.3 cm³/mol. The maximum atomic E-state index is 12.0. The van der Waals surface area contributed by atoms with E-state index in [0.717, 1.165) is 57.7 Å². The van der Waals surface area contributed by atoms with Crippen LogP contribution in [0.25, 0.3) is 0 Å². The summed E-state index contributed by atoms with van der Waals surface area (Å²) in [6, 6.07) is 2.19. The first-order valence-corrected chi connectivity index (χ1v) is 9.36. The molecule has 0 N–H and O–H groups in total. The molecule has 3 fully saturated rings. The van der Waals surface area contributed by atoms with Crippen LogP contribution in [0, 0.1) is 0 Å². The highest BCUT2D eigenvalue weighted by Gasteiger charge is 2.40. The van der Waals surface area contributed by atoms with Crippen LogP contribution in [0.4, 0.5) is 5.95 Å². The Labute approximate surface area is 148 Å². The highest BCUT2D eigenvalue weighted by Crippen LogP contribution is 2.33. The number of carbonyl (C=O) groups excluding carboxylic acids is 1. The summed E-state index contributed by atoms with van der Waals surface area (Å²) in [7, 11) is 0. The fraction of sp³-hybridized carbons (Fsp3) is 0.722. The van der Waals surface area contributed by atoms with Gasteiger partial charge in [-0.3, -0.25) is 4.79 Å². The van der Waals surface area contributed by atoms with Crippen LogP contribution in [0.1, 0.15) is 32.1 Å². The van der Waals surface area contributed by atoms with Crippen LogP contribution in [0.2, 0.25) is 0 Å². The van der Waals surface area contributed by atoms with Crippen molar-refractivity contribution >= 4 is 11.9 Å². The van der Waals surface area contributed by atoms with E-state index in [1.807, 2.05) is 11.0 Å². The summed E-state index contributed by atoms with van der Waals surface area (Å²) in [4.78, 5) is 24.9. The van der Waals surface area contributed by atoms with Crippen LogP contribution in [0.3, 0.4) is 0 Å². The van der Waals surface area contributed by atoms with Gasteiger partial charge >= 0.3 is 0 Å². The zero-order valence-electron chi connectivity index (χ0n) is 14.5. The van der Waals surface area contributed by atoms with E-state index in [0.29, 0.717) is 12.6 Å². The van der Waals surface area contributed by atoms with Gasteiger partial charge in [0, 0.05) is 32.0 Å². The van der Waals surface area contributed by atoms with Gasteiger partial charge in [-0.05, 0) is 38.2 Å². The Bertz CT molecular complexity index is 579. The lowest BCUT2D eigenvalue weighted by atomic mass is 9.99. The second kappa shape index (κ2) is 7.66. The van der Waals surface area contributed by atoms with E-state index in [4.69, 9.17) is 9.47 Å². The Balaban J connectivity index is 1.23. The van der Waals surface area contributed by atoms with E-state index in [1.54, 1.807) is 12.4 Å². The summed E-state index contributed by atoms with van der Waals surface area (Å²) < 4.78 is 11.9. The van der Waals surface area contributed by atoms with E-state index in [-0.39, 0.29) is 24.7 Å². The number of anilines is 1. The molecule has 1 unspecified atom stereocenters. The molecule has 3 aliphatic rings. The molecule has 7 heteroatoms. The number of likely N-dealkylation sites (tertiary alicyclic amines) is 1. The van der Waals surface area contributed by atoms with Crippen molar-refractivity contribution in [1.82, 2.24) is 14.9 Å². The van der Waals surface area contributed by atoms with Crippen LogP contribution in [-0.2, 0) is 14.3 Å². The first-order valence-electron chi connectivity index (χ1n) is 9.36. The van der Waals surface area contributed by atoms with Crippen LogP contribution in [0.15, 0.2) is 18.5 Å². The van der Waals surface area contributed by atoms with Crippen molar-refractivity contribution in [2.45, 2.75) is 50.4 Å². The third-order valence-corrected chi connectivity index (χ3v) is 5.43. The SMILES string of the molecule is O=C(COCC1CC[C@H]2[C@H](CCN2c2ncccn2)O1)N1CCCC1. The second-order valence-corrected chi connectivity index (χ2v) is 7.08. The zero-order valence-corrected chi connectivity index (χ0v) is 14.5. The van der Waals surface area contributed by atoms with Gasteiger partial charge in [0.25, 0.3) is 0 Å². The smallest absolute Gasteiger partial charge is 0.248 e. The van der Waals surface area contributed by atoms with Gasteiger partial charge in [0.15, 0.2) is 0 Å². The molecule has 1 amide bonds. The van der Waals surface area contributed by atoms with Gasteiger partial charge in [-0.1, -0.05) is 0 Å². The third kappa shape index (κ3) is 3.77. The van der Waals surface area contributed by atoms with Crippen LogP contribution in [-0.4, -0.2) is 71.9 Å². The average molecular weight is 346 g/mol. The first-order chi connectivity index (χ1) is 12.3. The highest BCUT2D eigenvalue weighted by molar-refractivity contribution is 5.77. The van der Waals surface area contributed by atoms with Crippen molar-refractivity contribution in [2.24, 2.45) is 0 Å². The molecule has 0 aromatic carbocycles. The number of hydrogen-bond donors (Lipinski definition) is 0. The number of hydrogen-bond acceptors (Lipinski definition) is 6. The third-order valence-electron chi connectivity index (χ3n) is 5.43. The van der Waals surface area contributed by atoms with Crippen molar-refractivity contribution in [1.29, 1.82) is 0 Å². The van der Waals surface area contributed by atoms with Gasteiger partial charge in [-0.25, -0.2) is 9.97 Å². The molecule has 3 aliphatic heterocycles. The van der Waals surface area contributed by atoms with Gasteiger partial charge < -0.3 is 19.3 Å². The fourth-order valence-corrected chi connectivity index (χ4v) is 4.14. The summed E-state index contributed by atoms with van der Waals surface area (Å²) in [5.74, 6) is 0.906. The van der Waals surface area contributed by atoms with Crippen molar-refractivity contribution in [2.75, 3.05) is 37.7 Å². The molecule has 0 aliphatic carbocycles. The molecule has 0 saturated carbocycles. The zero-order chi connectivity index (χ0) is 17.1. The minimum Gasteiger partial charge on any atom is -0.370 e. The van der Waals surface area contributed by atoms with Gasteiger partial charge in [0.2, 0.25) is 11.9 Å². The number of ether oxygens (including phenoxy) is 2. The molecular weight excluding hydrogens is 320 g/mol. The van der Waals surface area contributed by atoms with Crippen molar-refractivity contribution in [3.63, 3.8) is 0 Å². The molecule has 3 atom stereocenters. The molecule has 0 bridgehead atoms. The van der Waals surface area contributed by atoms with E-state index >= 15 is 0 Å². The van der Waals surface area contributed by atoms with Gasteiger partial charge in [0.05, 0.1) is 24.9 Å². The van der Waals surface area contributed by atoms with Crippen LogP contribution < -0.4 is 4.90 Å². The predicted octanol–water partition coefficient (Wildman–Crippen LogP) is 1.24. The fourth-order valence-electron chi connectivity index (χ4n) is 4.14. The lowest BCUT2D eigenvalue weighted by molar-refractivity contribution is -0.138. The summed E-state index contributed by atoms with van der Waals surface area (Å²) in [6.07, 6.45) is 9.08. The summed E-state index contributed by atoms with van der Waals surface area (Å²) >= 11 is 0. The molecule has 3 saturated heterocycles. The molecular formula is C18H26N4O3. The summed E-state index contributed by atoms with van der Waals surface area (Å²) in [5.41, 5.74) is 0. The van der Waals surface area contributed by atoms with Crippen LogP contribution in [0.5, 0.6) is 0 Å². The normalized spacial score (nSPS) is 29.0. The van der Waals surface area contributed by atoms with Crippen molar-refractivity contribution in [3.8, 4) is 0 Å². The second-order valence-electron chi connectivity index (χ2n) is 7.08. The number of carbonyl (C=O) groups is 1. The highest BCUT2D eigenvalue weighted by atomic mass is 16.5. The minimum absolute atomic E-state index is 0.0873. The molecule has 0 spiro atoms. The molecule has 7 nitrogen and oxygen atoms in total. The molecule has 1 aromatic rings. The maximum absolute atomic E-state index is 12.0. The monoisotopic (exact) mass is 346 g/mol. The number of fused-ring (bicyclic) bond motifs is 1. The summed E-state index contributed by atoms with van der Waals surface area (Å²) in [5, 5.41) is 0. The van der Waals surface area contributed by atoms with Gasteiger partial charge in [-0.15, -0.1) is 0 Å². The Hall–Kier alpha value is -1.73. The van der Waals surface area contributed by atoms with Crippen molar-refractivity contribution < 1.29 is 14.3 Å². The number of rotatable bonds is 5. The molecule has 136 valence electrons. The Morgan fingerprint density at radius 2 is 1.96 bits per heavy atom. The van der Waals surface area contributed by atoms with Gasteiger partial charge in [0.1, 0.15) is 6.61 Å². The number of amides is 1. The average Bonchev–Trinajstić information content (AvgIpc) is 3.32. The Morgan fingerprint density at radius 3 is 2.76 bits per heavy atom. The molecule has 4 heterocycles. The number of aromatic nitrogens is 2. The Morgan fingerprint density at radius 1 is 1.16 bits per heavy atom. The lowest BCUT2D eigenvalue weighted by Crippen LogP contribution is -2.44. The van der Waals surface area contributed by atoms with E-state index < -0.39 is 0 Å². The molecule has 4 rings (SSSR count). The minimum atomic E-state index is 0.0873. The molecule has 25 heavy (non-hydrogen) atoms. The number of nitrogens with zero attached hydrogens (tertiary/aromatic N) is 4. The molecule has 1 aromatic heterocycles. The van der Waals surface area contributed by atoms with E-state index in [1.165, 1.54) is 0 Å². The van der Waals surface area contributed by atoms with Gasteiger partial charge in [-0.2, -0.15) is 0 Å². The van der Waals surface area contributed by atoms with E-state index in [2.05, 4.69) is 14.9 Å². The van der Waals surface area contributed by atoms with E-state index in [9.17, 15) is 4.79 Å². The topological polar surface area (TPSA) is 67.8 Å². The maximum Gasteiger partial charge on any atom is 0.248 e. The summed E-state index contributed by atoms with van der Waals surface area (Å²) in [6.45, 7) is 3.37. The van der Waals surface area contributed by atoms with Crippen LogP contribution >= 0.6 is 0 Å². The lowest BCUT2D eigenvalue weighted by Gasteiger charge is -2.35. The first kappa shape index (κ1) is 16.7. The largest absolute Gasteiger partial charge is 0.370 e. The Kier molecular flexibility index (Phi) is 5.12. The quantitative estimate of drug-likeness (QED) is 0.799.